The smallest absolute Gasteiger partial charge is 0.475 e. The minimum atomic E-state index is -5.08. The van der Waals surface area contributed by atoms with Crippen molar-refractivity contribution in [1.82, 2.24) is 26.1 Å². The molecule has 0 spiro atoms. The third-order valence-electron chi connectivity index (χ3n) is 6.12. The molecule has 2 unspecified atom stereocenters. The third kappa shape index (κ3) is 9.02. The fraction of sp³-hybridized carbons (Fsp3) is 0.346. The highest BCUT2D eigenvalue weighted by molar-refractivity contribution is 7.71. The van der Waals surface area contributed by atoms with Gasteiger partial charge in [0.2, 0.25) is 11.8 Å². The quantitative estimate of drug-likeness (QED) is 0.266. The van der Waals surface area contributed by atoms with Crippen LogP contribution in [0.4, 0.5) is 13.2 Å². The summed E-state index contributed by atoms with van der Waals surface area (Å²) in [5, 5.41) is 18.8. The Balaban J connectivity index is 0.000000559. The number of H-pyrrole nitrogens is 1. The maximum Gasteiger partial charge on any atom is 0.490 e. The molecule has 1 saturated heterocycles. The molecule has 2 aromatic carbocycles. The normalized spacial score (nSPS) is 17.6. The predicted molar refractivity (Wildman–Crippen MR) is 140 cm³/mol. The van der Waals surface area contributed by atoms with Crippen LogP contribution in [-0.2, 0) is 20.9 Å². The lowest BCUT2D eigenvalue weighted by atomic mass is 9.86. The van der Waals surface area contributed by atoms with Crippen molar-refractivity contribution in [2.75, 3.05) is 6.54 Å². The summed E-state index contributed by atoms with van der Waals surface area (Å²) in [5.41, 5.74) is 3.01. The first-order valence-corrected chi connectivity index (χ1v) is 12.7. The molecule has 14 heteroatoms. The summed E-state index contributed by atoms with van der Waals surface area (Å²) in [7, 11) is 0. The van der Waals surface area contributed by atoms with Gasteiger partial charge in [-0.3, -0.25) is 9.59 Å². The van der Waals surface area contributed by atoms with Crippen LogP contribution in [0.1, 0.15) is 36.8 Å². The van der Waals surface area contributed by atoms with Crippen LogP contribution in [0.15, 0.2) is 59.1 Å². The molecule has 1 aliphatic heterocycles. The van der Waals surface area contributed by atoms with Crippen molar-refractivity contribution < 1.29 is 37.2 Å². The van der Waals surface area contributed by atoms with Gasteiger partial charge in [-0.1, -0.05) is 54.6 Å². The fourth-order valence-corrected chi connectivity index (χ4v) is 4.13. The standard InChI is InChI=1S/C24H27N5O3S.C2HF3O2/c1-15(27-23(31)20-13-19(11-12-25-20)17-5-3-2-4-6-17)22(30)26-14-16-7-9-18(10-8-16)21-28-24(33)32-29-21;3-2(4,5)1(6)7/h2-10,15,19-20,25H,11-14H2,1H3,(H,26,30)(H,27,31)(H,28,29,33);(H,6,7)/t15-,19?,20?;/m0./s1. The highest BCUT2D eigenvalue weighted by Crippen LogP contribution is 2.27. The molecule has 0 saturated carbocycles. The highest BCUT2D eigenvalue weighted by atomic mass is 32.1. The number of aliphatic carboxylic acids is 1. The van der Waals surface area contributed by atoms with Gasteiger partial charge in [-0.2, -0.15) is 18.2 Å². The second-order valence-corrected chi connectivity index (χ2v) is 9.37. The van der Waals surface area contributed by atoms with Crippen LogP contribution in [0.5, 0.6) is 0 Å². The van der Waals surface area contributed by atoms with Crippen molar-refractivity contribution in [2.45, 2.75) is 50.5 Å². The Morgan fingerprint density at radius 3 is 2.38 bits per heavy atom. The minimum absolute atomic E-state index is 0.146. The maximum absolute atomic E-state index is 12.8. The molecule has 2 heterocycles. The minimum Gasteiger partial charge on any atom is -0.475 e. The summed E-state index contributed by atoms with van der Waals surface area (Å²) in [6, 6.07) is 16.8. The van der Waals surface area contributed by atoms with Crippen molar-refractivity contribution in [3.05, 3.63) is 70.6 Å². The Morgan fingerprint density at radius 2 is 1.80 bits per heavy atom. The first-order chi connectivity index (χ1) is 18.9. The average molecular weight is 580 g/mol. The number of aromatic amines is 1. The molecular formula is C26H28F3N5O5S. The number of carbonyl (C=O) groups excluding carboxylic acids is 2. The molecule has 10 nitrogen and oxygen atoms in total. The molecule has 214 valence electrons. The average Bonchev–Trinajstić information content (AvgIpc) is 3.38. The van der Waals surface area contributed by atoms with Gasteiger partial charge in [0.25, 0.3) is 0 Å². The van der Waals surface area contributed by atoms with Crippen molar-refractivity contribution in [1.29, 1.82) is 0 Å². The van der Waals surface area contributed by atoms with Crippen molar-refractivity contribution in [3.63, 3.8) is 0 Å². The van der Waals surface area contributed by atoms with Crippen LogP contribution in [-0.4, -0.2) is 57.8 Å². The van der Waals surface area contributed by atoms with Gasteiger partial charge >= 0.3 is 17.0 Å². The first kappa shape index (κ1) is 30.5. The molecule has 5 N–H and O–H groups in total. The van der Waals surface area contributed by atoms with Crippen LogP contribution >= 0.6 is 12.2 Å². The molecule has 0 radical (unpaired) electrons. The number of hydrogen-bond acceptors (Lipinski definition) is 7. The van der Waals surface area contributed by atoms with Gasteiger partial charge in [0.15, 0.2) is 5.82 Å². The lowest BCUT2D eigenvalue weighted by molar-refractivity contribution is -0.192. The molecule has 0 aliphatic carbocycles. The number of rotatable bonds is 7. The zero-order valence-corrected chi connectivity index (χ0v) is 22.1. The summed E-state index contributed by atoms with van der Waals surface area (Å²) < 4.78 is 36.7. The third-order valence-corrected chi connectivity index (χ3v) is 6.29. The molecule has 2 amide bonds. The number of nitrogens with one attached hydrogen (secondary N) is 4. The van der Waals surface area contributed by atoms with E-state index in [1.807, 2.05) is 42.5 Å². The summed E-state index contributed by atoms with van der Waals surface area (Å²) >= 11 is 4.86. The Kier molecular flexibility index (Phi) is 10.6. The predicted octanol–water partition coefficient (Wildman–Crippen LogP) is 3.69. The number of piperidine rings is 1. The molecule has 4 rings (SSSR count). The molecule has 0 bridgehead atoms. The van der Waals surface area contributed by atoms with Crippen molar-refractivity contribution >= 4 is 30.0 Å². The van der Waals surface area contributed by atoms with Crippen LogP contribution in [0.3, 0.4) is 0 Å². The number of carbonyl (C=O) groups is 3. The van der Waals surface area contributed by atoms with Crippen LogP contribution < -0.4 is 16.0 Å². The molecule has 40 heavy (non-hydrogen) atoms. The Bertz CT molecular complexity index is 1350. The molecular weight excluding hydrogens is 551 g/mol. The van der Waals surface area contributed by atoms with E-state index in [1.54, 1.807) is 6.92 Å². The number of nitrogens with zero attached hydrogens (tertiary/aromatic N) is 1. The van der Waals surface area contributed by atoms with E-state index in [0.29, 0.717) is 24.7 Å². The number of alkyl halides is 3. The number of hydrogen-bond donors (Lipinski definition) is 5. The van der Waals surface area contributed by atoms with Crippen LogP contribution in [0.2, 0.25) is 0 Å². The Hall–Kier alpha value is -4.04. The molecule has 3 aromatic rings. The van der Waals surface area contributed by atoms with Crippen molar-refractivity contribution in [2.24, 2.45) is 0 Å². The molecule has 1 aromatic heterocycles. The largest absolute Gasteiger partial charge is 0.490 e. The number of carboxylic acids is 1. The zero-order chi connectivity index (χ0) is 29.3. The monoisotopic (exact) mass is 579 g/mol. The van der Waals surface area contributed by atoms with Gasteiger partial charge in [0, 0.05) is 12.1 Å². The highest BCUT2D eigenvalue weighted by Gasteiger charge is 2.38. The van der Waals surface area contributed by atoms with E-state index in [2.05, 4.69) is 38.2 Å². The Labute approximate surface area is 232 Å². The van der Waals surface area contributed by atoms with E-state index < -0.39 is 18.2 Å². The SMILES string of the molecule is C[C@H](NC(=O)C1CC(c2ccccc2)CCN1)C(=O)NCc1ccc(-c2nc(=S)o[nH]2)cc1.O=C(O)C(F)(F)F. The lowest BCUT2D eigenvalue weighted by Gasteiger charge is -2.30. The molecule has 3 atom stereocenters. The van der Waals surface area contributed by atoms with E-state index in [-0.39, 0.29) is 22.7 Å². The number of aromatic nitrogens is 2. The number of halogens is 3. The summed E-state index contributed by atoms with van der Waals surface area (Å²) in [6.07, 6.45) is -3.38. The topological polar surface area (TPSA) is 149 Å². The number of amides is 2. The van der Waals surface area contributed by atoms with Crippen LogP contribution in [0, 0.1) is 4.84 Å². The Morgan fingerprint density at radius 1 is 1.15 bits per heavy atom. The lowest BCUT2D eigenvalue weighted by Crippen LogP contribution is -2.53. The summed E-state index contributed by atoms with van der Waals surface area (Å²) in [5.74, 6) is -2.25. The van der Waals surface area contributed by atoms with Gasteiger partial charge in [0.1, 0.15) is 6.04 Å². The van der Waals surface area contributed by atoms with Gasteiger partial charge in [-0.25, -0.2) is 9.95 Å². The number of carboxylic acid groups (broad SMARTS) is 1. The van der Waals surface area contributed by atoms with E-state index in [0.717, 1.165) is 24.1 Å². The summed E-state index contributed by atoms with van der Waals surface area (Å²) in [6.45, 7) is 2.82. The van der Waals surface area contributed by atoms with Gasteiger partial charge in [-0.15, -0.1) is 0 Å². The number of benzene rings is 2. The zero-order valence-electron chi connectivity index (χ0n) is 21.3. The van der Waals surface area contributed by atoms with E-state index in [1.165, 1.54) is 5.56 Å². The molecule has 1 fully saturated rings. The second-order valence-electron chi connectivity index (χ2n) is 9.02. The summed E-state index contributed by atoms with van der Waals surface area (Å²) in [4.78, 5) is 38.4. The maximum atomic E-state index is 12.8. The van der Waals surface area contributed by atoms with Gasteiger partial charge in [0.05, 0.1) is 6.04 Å². The van der Waals surface area contributed by atoms with E-state index >= 15 is 0 Å². The first-order valence-electron chi connectivity index (χ1n) is 12.3. The van der Waals surface area contributed by atoms with Crippen LogP contribution in [0.25, 0.3) is 11.4 Å². The van der Waals surface area contributed by atoms with E-state index in [4.69, 9.17) is 26.6 Å². The van der Waals surface area contributed by atoms with E-state index in [9.17, 15) is 22.8 Å². The van der Waals surface area contributed by atoms with Gasteiger partial charge < -0.3 is 25.6 Å². The molecule has 1 aliphatic rings. The fourth-order valence-electron chi connectivity index (χ4n) is 4.00. The van der Waals surface area contributed by atoms with Crippen molar-refractivity contribution in [3.8, 4) is 11.4 Å². The second kappa shape index (κ2) is 13.8. The van der Waals surface area contributed by atoms with Gasteiger partial charge in [-0.05, 0) is 55.6 Å².